The third-order valence-electron chi connectivity index (χ3n) is 3.26. The Morgan fingerprint density at radius 1 is 1.67 bits per heavy atom. The lowest BCUT2D eigenvalue weighted by Gasteiger charge is -2.09. The fraction of sp³-hybridized carbons (Fsp3) is 0.538. The Labute approximate surface area is 116 Å². The van der Waals surface area contributed by atoms with Gasteiger partial charge in [-0.05, 0) is 66.3 Å². The molecule has 0 aliphatic carbocycles. The molecule has 1 atom stereocenters. The van der Waals surface area contributed by atoms with E-state index in [-0.39, 0.29) is 5.91 Å². The van der Waals surface area contributed by atoms with E-state index in [2.05, 4.69) is 31.5 Å². The van der Waals surface area contributed by atoms with Crippen molar-refractivity contribution in [3.63, 3.8) is 0 Å². The molecule has 0 spiro atoms. The quantitative estimate of drug-likeness (QED) is 0.898. The van der Waals surface area contributed by atoms with Crippen molar-refractivity contribution in [1.82, 2.24) is 10.3 Å². The zero-order valence-corrected chi connectivity index (χ0v) is 12.1. The molecule has 2 heterocycles. The molecule has 0 aromatic carbocycles. The SMILES string of the molecule is Cc1cc(NC(=O)CCC2CCNC2)ncc1Br. The van der Waals surface area contributed by atoms with Crippen LogP contribution in [-0.4, -0.2) is 24.0 Å². The van der Waals surface area contributed by atoms with Crippen LogP contribution >= 0.6 is 15.9 Å². The summed E-state index contributed by atoms with van der Waals surface area (Å²) >= 11 is 3.39. The van der Waals surface area contributed by atoms with Crippen molar-refractivity contribution in [1.29, 1.82) is 0 Å². The first-order valence-electron chi connectivity index (χ1n) is 6.28. The fourth-order valence-electron chi connectivity index (χ4n) is 2.11. The monoisotopic (exact) mass is 311 g/mol. The minimum atomic E-state index is 0.0520. The van der Waals surface area contributed by atoms with Crippen LogP contribution < -0.4 is 10.6 Å². The highest BCUT2D eigenvalue weighted by atomic mass is 79.9. The number of nitrogens with one attached hydrogen (secondary N) is 2. The first-order valence-corrected chi connectivity index (χ1v) is 7.07. The summed E-state index contributed by atoms with van der Waals surface area (Å²) in [6, 6.07) is 1.87. The van der Waals surface area contributed by atoms with Crippen molar-refractivity contribution in [3.8, 4) is 0 Å². The predicted octanol–water partition coefficient (Wildman–Crippen LogP) is 2.48. The highest BCUT2D eigenvalue weighted by Crippen LogP contribution is 2.18. The van der Waals surface area contributed by atoms with Gasteiger partial charge in [-0.3, -0.25) is 4.79 Å². The molecule has 1 saturated heterocycles. The molecule has 2 rings (SSSR count). The minimum Gasteiger partial charge on any atom is -0.316 e. The Balaban J connectivity index is 1.80. The number of hydrogen-bond acceptors (Lipinski definition) is 3. The highest BCUT2D eigenvalue weighted by molar-refractivity contribution is 9.10. The molecule has 4 nitrogen and oxygen atoms in total. The summed E-state index contributed by atoms with van der Waals surface area (Å²) in [5, 5.41) is 6.15. The smallest absolute Gasteiger partial charge is 0.225 e. The van der Waals surface area contributed by atoms with Crippen molar-refractivity contribution in [2.75, 3.05) is 18.4 Å². The van der Waals surface area contributed by atoms with Crippen molar-refractivity contribution in [3.05, 3.63) is 22.3 Å². The zero-order chi connectivity index (χ0) is 13.0. The summed E-state index contributed by atoms with van der Waals surface area (Å²) in [5.74, 6) is 1.33. The van der Waals surface area contributed by atoms with Crippen molar-refractivity contribution in [2.45, 2.75) is 26.2 Å². The van der Waals surface area contributed by atoms with Crippen LogP contribution in [0.1, 0.15) is 24.8 Å². The number of carbonyl (C=O) groups excluding carboxylic acids is 1. The number of aryl methyl sites for hydroxylation is 1. The lowest BCUT2D eigenvalue weighted by Crippen LogP contribution is -2.15. The van der Waals surface area contributed by atoms with Gasteiger partial charge in [0.2, 0.25) is 5.91 Å². The maximum Gasteiger partial charge on any atom is 0.225 e. The Kier molecular flexibility index (Phi) is 4.72. The molecule has 2 N–H and O–H groups in total. The summed E-state index contributed by atoms with van der Waals surface area (Å²) in [6.07, 6.45) is 4.42. The Morgan fingerprint density at radius 3 is 3.17 bits per heavy atom. The molecule has 5 heteroatoms. The second kappa shape index (κ2) is 6.29. The van der Waals surface area contributed by atoms with Gasteiger partial charge in [0.15, 0.2) is 0 Å². The third-order valence-corrected chi connectivity index (χ3v) is 4.09. The Bertz CT molecular complexity index is 430. The van der Waals surface area contributed by atoms with Crippen molar-refractivity contribution in [2.24, 2.45) is 5.92 Å². The van der Waals surface area contributed by atoms with E-state index in [0.29, 0.717) is 18.2 Å². The second-order valence-electron chi connectivity index (χ2n) is 4.76. The average Bonchev–Trinajstić information content (AvgIpc) is 2.84. The number of halogens is 1. The van der Waals surface area contributed by atoms with E-state index in [0.717, 1.165) is 29.5 Å². The van der Waals surface area contributed by atoms with Gasteiger partial charge in [0.05, 0.1) is 0 Å². The molecule has 98 valence electrons. The minimum absolute atomic E-state index is 0.0520. The molecule has 1 fully saturated rings. The number of amides is 1. The van der Waals surface area contributed by atoms with Gasteiger partial charge in [-0.2, -0.15) is 0 Å². The number of aromatic nitrogens is 1. The van der Waals surface area contributed by atoms with Crippen LogP contribution in [0, 0.1) is 12.8 Å². The second-order valence-corrected chi connectivity index (χ2v) is 5.62. The van der Waals surface area contributed by atoms with Crippen LogP contribution in [-0.2, 0) is 4.79 Å². The van der Waals surface area contributed by atoms with E-state index < -0.39 is 0 Å². The standard InChI is InChI=1S/C13H18BrN3O/c1-9-6-12(16-8-11(9)14)17-13(18)3-2-10-4-5-15-7-10/h6,8,10,15H,2-5,7H2,1H3,(H,16,17,18). The van der Waals surface area contributed by atoms with Gasteiger partial charge in [0, 0.05) is 17.1 Å². The number of hydrogen-bond donors (Lipinski definition) is 2. The predicted molar refractivity (Wildman–Crippen MR) is 75.5 cm³/mol. The van der Waals surface area contributed by atoms with E-state index >= 15 is 0 Å². The van der Waals surface area contributed by atoms with Crippen LogP contribution in [0.25, 0.3) is 0 Å². The highest BCUT2D eigenvalue weighted by Gasteiger charge is 2.15. The molecular weight excluding hydrogens is 294 g/mol. The first kappa shape index (κ1) is 13.5. The maximum absolute atomic E-state index is 11.8. The van der Waals surface area contributed by atoms with Crippen LogP contribution in [0.3, 0.4) is 0 Å². The number of nitrogens with zero attached hydrogens (tertiary/aromatic N) is 1. The number of carbonyl (C=O) groups is 1. The molecule has 0 bridgehead atoms. The van der Waals surface area contributed by atoms with Crippen molar-refractivity contribution >= 4 is 27.7 Å². The molecule has 1 amide bonds. The number of anilines is 1. The van der Waals surface area contributed by atoms with E-state index in [4.69, 9.17) is 0 Å². The van der Waals surface area contributed by atoms with Crippen LogP contribution in [0.15, 0.2) is 16.7 Å². The van der Waals surface area contributed by atoms with E-state index in [1.807, 2.05) is 13.0 Å². The molecule has 1 aromatic heterocycles. The van der Waals surface area contributed by atoms with Gasteiger partial charge in [-0.1, -0.05) is 0 Å². The summed E-state index contributed by atoms with van der Waals surface area (Å²) < 4.78 is 0.956. The van der Waals surface area contributed by atoms with Gasteiger partial charge in [0.1, 0.15) is 5.82 Å². The van der Waals surface area contributed by atoms with E-state index in [1.54, 1.807) is 6.20 Å². The lowest BCUT2D eigenvalue weighted by atomic mass is 10.0. The van der Waals surface area contributed by atoms with Gasteiger partial charge in [-0.25, -0.2) is 4.98 Å². The largest absolute Gasteiger partial charge is 0.316 e. The maximum atomic E-state index is 11.8. The average molecular weight is 312 g/mol. The van der Waals surface area contributed by atoms with E-state index in [1.165, 1.54) is 6.42 Å². The van der Waals surface area contributed by atoms with E-state index in [9.17, 15) is 4.79 Å². The summed E-state index contributed by atoms with van der Waals surface area (Å²) in [4.78, 5) is 15.9. The van der Waals surface area contributed by atoms with Gasteiger partial charge in [-0.15, -0.1) is 0 Å². The molecule has 0 saturated carbocycles. The molecule has 1 aliphatic heterocycles. The molecule has 1 aliphatic rings. The molecule has 1 unspecified atom stereocenters. The van der Waals surface area contributed by atoms with Crippen LogP contribution in [0.2, 0.25) is 0 Å². The Morgan fingerprint density at radius 2 is 2.50 bits per heavy atom. The summed E-state index contributed by atoms with van der Waals surface area (Å²) in [6.45, 7) is 4.11. The third kappa shape index (κ3) is 3.78. The van der Waals surface area contributed by atoms with Gasteiger partial charge in [0.25, 0.3) is 0 Å². The van der Waals surface area contributed by atoms with Crippen molar-refractivity contribution < 1.29 is 4.79 Å². The van der Waals surface area contributed by atoms with Gasteiger partial charge >= 0.3 is 0 Å². The molecule has 1 aromatic rings. The van der Waals surface area contributed by atoms with Gasteiger partial charge < -0.3 is 10.6 Å². The molecular formula is C13H18BrN3O. The topological polar surface area (TPSA) is 54.0 Å². The molecule has 0 radical (unpaired) electrons. The number of pyridine rings is 1. The van der Waals surface area contributed by atoms with Crippen LogP contribution in [0.4, 0.5) is 5.82 Å². The summed E-state index contributed by atoms with van der Waals surface area (Å²) in [5.41, 5.74) is 1.07. The fourth-order valence-corrected chi connectivity index (χ4v) is 2.33. The summed E-state index contributed by atoms with van der Waals surface area (Å²) in [7, 11) is 0. The van der Waals surface area contributed by atoms with Crippen LogP contribution in [0.5, 0.6) is 0 Å². The normalized spacial score (nSPS) is 18.9. The lowest BCUT2D eigenvalue weighted by molar-refractivity contribution is -0.116. The Hall–Kier alpha value is -0.940. The first-order chi connectivity index (χ1) is 8.65. The zero-order valence-electron chi connectivity index (χ0n) is 10.5. The molecule has 18 heavy (non-hydrogen) atoms. The number of rotatable bonds is 4.